The van der Waals surface area contributed by atoms with Crippen LogP contribution in [0.25, 0.3) is 164 Å². The monoisotopic (exact) mass is 974 g/mol. The van der Waals surface area contributed by atoms with Crippen LogP contribution < -0.4 is 0 Å². The molecule has 0 N–H and O–H groups in total. The third-order valence-electron chi connectivity index (χ3n) is 16.4. The van der Waals surface area contributed by atoms with Crippen molar-refractivity contribution in [3.8, 4) is 66.8 Å². The predicted molar refractivity (Wildman–Crippen MR) is 329 cm³/mol. The topological polar surface area (TPSA) is 13.1 Å². The second kappa shape index (κ2) is 17.2. The highest BCUT2D eigenvalue weighted by molar-refractivity contribution is 6.25. The summed E-state index contributed by atoms with van der Waals surface area (Å²) in [5.74, 6) is 0. The van der Waals surface area contributed by atoms with Crippen LogP contribution in [0.1, 0.15) is 0 Å². The maximum absolute atomic E-state index is 6.26. The quantitative estimate of drug-likeness (QED) is 0.151. The first-order valence-electron chi connectivity index (χ1n) is 26.6. The molecular weight excluding hydrogens is 929 g/mol. The largest absolute Gasteiger partial charge is 0.456 e. The maximum Gasteiger partial charge on any atom is 0.135 e. The first kappa shape index (κ1) is 43.3. The summed E-state index contributed by atoms with van der Waals surface area (Å²) in [7, 11) is 0. The Balaban J connectivity index is 0.758. The molecule has 0 aliphatic rings. The highest BCUT2D eigenvalue weighted by atomic mass is 16.3. The number of fused-ring (bicyclic) bond motifs is 10. The second-order valence-electron chi connectivity index (χ2n) is 20.6. The van der Waals surface area contributed by atoms with Crippen molar-refractivity contribution in [1.82, 2.24) is 0 Å². The average Bonchev–Trinajstić information content (AvgIpc) is 3.87. The van der Waals surface area contributed by atoms with E-state index in [0.717, 1.165) is 21.9 Å². The van der Waals surface area contributed by atoms with Crippen molar-refractivity contribution in [2.75, 3.05) is 0 Å². The molecule has 356 valence electrons. The average molecular weight is 975 g/mol. The summed E-state index contributed by atoms with van der Waals surface area (Å²) < 4.78 is 6.26. The van der Waals surface area contributed by atoms with Gasteiger partial charge in [-0.25, -0.2) is 0 Å². The molecule has 1 heterocycles. The molecule has 0 spiro atoms. The van der Waals surface area contributed by atoms with E-state index >= 15 is 0 Å². The number of rotatable bonds is 6. The van der Waals surface area contributed by atoms with E-state index in [1.807, 2.05) is 6.07 Å². The summed E-state index contributed by atoms with van der Waals surface area (Å²) in [6.45, 7) is 0. The summed E-state index contributed by atoms with van der Waals surface area (Å²) in [5, 5.41) is 19.7. The Morgan fingerprint density at radius 2 is 0.519 bits per heavy atom. The van der Waals surface area contributed by atoms with Crippen LogP contribution in [0, 0.1) is 0 Å². The van der Waals surface area contributed by atoms with Crippen LogP contribution in [0.3, 0.4) is 0 Å². The lowest BCUT2D eigenvalue weighted by atomic mass is 9.84. The molecule has 0 unspecified atom stereocenters. The first-order chi connectivity index (χ1) is 38.2. The highest BCUT2D eigenvalue weighted by Crippen LogP contribution is 2.48. The number of furan rings is 1. The first-order valence-corrected chi connectivity index (χ1v) is 26.6. The van der Waals surface area contributed by atoms with Gasteiger partial charge in [-0.05, 0) is 185 Å². The Morgan fingerprint density at radius 3 is 1.06 bits per heavy atom. The van der Waals surface area contributed by atoms with Crippen molar-refractivity contribution in [3.63, 3.8) is 0 Å². The maximum atomic E-state index is 6.26. The lowest BCUT2D eigenvalue weighted by Crippen LogP contribution is -1.91. The van der Waals surface area contributed by atoms with Crippen molar-refractivity contribution < 1.29 is 4.42 Å². The van der Waals surface area contributed by atoms with E-state index in [2.05, 4.69) is 273 Å². The van der Waals surface area contributed by atoms with E-state index in [-0.39, 0.29) is 0 Å². The van der Waals surface area contributed by atoms with Gasteiger partial charge in [-0.3, -0.25) is 0 Å². The van der Waals surface area contributed by atoms with Crippen molar-refractivity contribution in [2.45, 2.75) is 0 Å². The Labute approximate surface area is 445 Å². The molecule has 1 nitrogen and oxygen atoms in total. The van der Waals surface area contributed by atoms with Gasteiger partial charge < -0.3 is 4.42 Å². The van der Waals surface area contributed by atoms with E-state index in [9.17, 15) is 0 Å². The summed E-state index contributed by atoms with van der Waals surface area (Å²) in [5.41, 5.74) is 16.5. The molecule has 0 bridgehead atoms. The van der Waals surface area contributed by atoms with E-state index in [4.69, 9.17) is 4.42 Å². The van der Waals surface area contributed by atoms with Crippen LogP contribution in [-0.2, 0) is 0 Å². The van der Waals surface area contributed by atoms with Gasteiger partial charge >= 0.3 is 0 Å². The van der Waals surface area contributed by atoms with Crippen LogP contribution in [0.5, 0.6) is 0 Å². The minimum absolute atomic E-state index is 0.907. The molecule has 1 aromatic heterocycles. The Kier molecular flexibility index (Phi) is 9.71. The number of benzene rings is 15. The molecule has 0 aliphatic heterocycles. The van der Waals surface area contributed by atoms with E-state index in [0.29, 0.717) is 0 Å². The van der Waals surface area contributed by atoms with Gasteiger partial charge in [-0.2, -0.15) is 0 Å². The normalized spacial score (nSPS) is 11.9. The van der Waals surface area contributed by atoms with Gasteiger partial charge in [0.25, 0.3) is 0 Å². The van der Waals surface area contributed by atoms with E-state index in [1.54, 1.807) is 0 Å². The molecule has 0 amide bonds. The molecule has 15 aromatic carbocycles. The third-order valence-corrected chi connectivity index (χ3v) is 16.4. The molecule has 16 aromatic rings. The molecule has 0 fully saturated rings. The van der Waals surface area contributed by atoms with Crippen LogP contribution in [0.4, 0.5) is 0 Å². The van der Waals surface area contributed by atoms with E-state index in [1.165, 1.54) is 142 Å². The molecule has 0 radical (unpaired) electrons. The second-order valence-corrected chi connectivity index (χ2v) is 20.6. The molecule has 0 saturated heterocycles. The smallest absolute Gasteiger partial charge is 0.135 e. The Morgan fingerprint density at radius 1 is 0.169 bits per heavy atom. The minimum Gasteiger partial charge on any atom is -0.456 e. The van der Waals surface area contributed by atoms with E-state index < -0.39 is 0 Å². The molecule has 77 heavy (non-hydrogen) atoms. The van der Waals surface area contributed by atoms with Crippen LogP contribution >= 0.6 is 0 Å². The predicted octanol–water partition coefficient (Wildman–Crippen LogP) is 21.7. The van der Waals surface area contributed by atoms with Crippen molar-refractivity contribution in [2.24, 2.45) is 0 Å². The van der Waals surface area contributed by atoms with Gasteiger partial charge in [0.1, 0.15) is 11.2 Å². The summed E-state index contributed by atoms with van der Waals surface area (Å²) in [6, 6.07) is 103. The zero-order valence-electron chi connectivity index (χ0n) is 42.0. The van der Waals surface area contributed by atoms with Gasteiger partial charge in [0.05, 0.1) is 0 Å². The Hall–Kier alpha value is -10.1. The van der Waals surface area contributed by atoms with Gasteiger partial charge in [-0.15, -0.1) is 0 Å². The zero-order chi connectivity index (χ0) is 50.6. The number of para-hydroxylation sites is 1. The minimum atomic E-state index is 0.907. The lowest BCUT2D eigenvalue weighted by molar-refractivity contribution is 0.669. The fraction of sp³-hybridized carbons (Fsp3) is 0. The molecular formula is C76H46O. The fourth-order valence-corrected chi connectivity index (χ4v) is 12.8. The summed E-state index contributed by atoms with van der Waals surface area (Å²) in [6.07, 6.45) is 0. The molecule has 0 atom stereocenters. The van der Waals surface area contributed by atoms with Crippen molar-refractivity contribution in [1.29, 1.82) is 0 Å². The third kappa shape index (κ3) is 6.95. The zero-order valence-corrected chi connectivity index (χ0v) is 42.0. The summed E-state index contributed by atoms with van der Waals surface area (Å²) in [4.78, 5) is 0. The van der Waals surface area contributed by atoms with Crippen LogP contribution in [0.2, 0.25) is 0 Å². The molecule has 0 aliphatic carbocycles. The van der Waals surface area contributed by atoms with Crippen molar-refractivity contribution in [3.05, 3.63) is 279 Å². The summed E-state index contributed by atoms with van der Waals surface area (Å²) >= 11 is 0. The van der Waals surface area contributed by atoms with Gasteiger partial charge in [-0.1, -0.05) is 237 Å². The van der Waals surface area contributed by atoms with Crippen LogP contribution in [0.15, 0.2) is 283 Å². The van der Waals surface area contributed by atoms with Crippen molar-refractivity contribution >= 4 is 97.3 Å². The number of hydrogen-bond acceptors (Lipinski definition) is 1. The lowest BCUT2D eigenvalue weighted by Gasteiger charge is -2.19. The van der Waals surface area contributed by atoms with Crippen LogP contribution in [-0.4, -0.2) is 0 Å². The SMILES string of the molecule is c1ccc2c(-c3c4ccccc4c(-c4ccc(-c5ccc6ccc(-c7ccc8ccc(-c9c%10ccccc%10c(-c%10ccc%11oc%12ccccc%12c%11c%10)c%10ccccc9%10)cc8c7)cc6c5)cc4)c4ccccc34)cccc2c1. The highest BCUT2D eigenvalue weighted by Gasteiger charge is 2.20. The molecule has 0 saturated carbocycles. The number of hydrogen-bond donors (Lipinski definition) is 0. The molecule has 16 rings (SSSR count). The van der Waals surface area contributed by atoms with Gasteiger partial charge in [0.2, 0.25) is 0 Å². The van der Waals surface area contributed by atoms with Gasteiger partial charge in [0.15, 0.2) is 0 Å². The fourth-order valence-electron chi connectivity index (χ4n) is 12.8. The standard InChI is InChI=1S/C76H46O/c1-2-16-59-50(14-1)15-13-26-61(59)76-68-24-9-7-22-66(68)73(67-23-8-10-25-69(67)76)51-34-28-47(29-35-51)52-36-30-48-31-37-53(43-57(48)42-52)54-38-32-49-33-39-55(45-58(49)44-54)74-62-18-3-5-20-64(62)75(65-21-6-4-19-63(65)74)56-40-41-72-70(46-56)60-17-11-12-27-71(60)77-72/h1-46H. The molecule has 1 heteroatoms. The van der Waals surface area contributed by atoms with Gasteiger partial charge in [0, 0.05) is 10.8 Å². The Bertz CT molecular complexity index is 4970.